The summed E-state index contributed by atoms with van der Waals surface area (Å²) in [4.78, 5) is 0. The van der Waals surface area contributed by atoms with Gasteiger partial charge in [-0.3, -0.25) is 0 Å². The average molecular weight is 236 g/mol. The monoisotopic (exact) mass is 236 g/mol. The molecule has 3 fully saturated rings. The number of fused-ring (bicyclic) bond motifs is 6. The summed E-state index contributed by atoms with van der Waals surface area (Å²) in [6, 6.07) is 0. The number of allylic oxidation sites excluding steroid dienone is 6. The lowest BCUT2D eigenvalue weighted by molar-refractivity contribution is 0.119. The van der Waals surface area contributed by atoms with Gasteiger partial charge in [0.25, 0.3) is 0 Å². The van der Waals surface area contributed by atoms with Crippen molar-refractivity contribution in [1.82, 2.24) is 0 Å². The van der Waals surface area contributed by atoms with Crippen LogP contribution in [0, 0.1) is 34.5 Å². The van der Waals surface area contributed by atoms with E-state index >= 15 is 0 Å². The van der Waals surface area contributed by atoms with E-state index in [0.29, 0.717) is 10.8 Å². The van der Waals surface area contributed by atoms with Crippen LogP contribution in [0.4, 0.5) is 0 Å². The standard InChI is InChI=1S/C18H20/c1-11-17(9-13-3-5-15(17)7-13)12(2)18(11)10-14-4-6-16(18)8-14/h3-6,13-16H,1-2,7-10H2. The van der Waals surface area contributed by atoms with Crippen molar-refractivity contribution in [3.8, 4) is 0 Å². The molecule has 0 aromatic rings. The van der Waals surface area contributed by atoms with E-state index in [2.05, 4.69) is 37.5 Å². The Morgan fingerprint density at radius 3 is 1.50 bits per heavy atom. The van der Waals surface area contributed by atoms with Gasteiger partial charge < -0.3 is 0 Å². The Labute approximate surface area is 109 Å². The molecule has 5 aliphatic rings. The largest absolute Gasteiger partial charge is 0.0980 e. The SMILES string of the molecule is C=C1C2(CC3C=CC2C3)C(=C)C12CC1C=CC2C1. The van der Waals surface area contributed by atoms with Crippen LogP contribution in [-0.2, 0) is 0 Å². The number of rotatable bonds is 0. The van der Waals surface area contributed by atoms with Crippen LogP contribution in [0.3, 0.4) is 0 Å². The molecule has 2 spiro atoms. The molecule has 0 nitrogen and oxygen atoms in total. The molecule has 0 saturated heterocycles. The van der Waals surface area contributed by atoms with Gasteiger partial charge >= 0.3 is 0 Å². The van der Waals surface area contributed by atoms with Crippen LogP contribution in [0.5, 0.6) is 0 Å². The highest BCUT2D eigenvalue weighted by Gasteiger charge is 2.71. The molecule has 0 heteroatoms. The minimum atomic E-state index is 0.317. The van der Waals surface area contributed by atoms with E-state index in [4.69, 9.17) is 0 Å². The third kappa shape index (κ3) is 0.735. The number of hydrogen-bond donors (Lipinski definition) is 0. The lowest BCUT2D eigenvalue weighted by Crippen LogP contribution is -2.55. The molecule has 4 unspecified atom stereocenters. The Balaban J connectivity index is 1.61. The molecule has 18 heavy (non-hydrogen) atoms. The van der Waals surface area contributed by atoms with Crippen LogP contribution in [0.2, 0.25) is 0 Å². The molecule has 4 atom stereocenters. The zero-order valence-electron chi connectivity index (χ0n) is 10.9. The second kappa shape index (κ2) is 2.61. The van der Waals surface area contributed by atoms with Crippen molar-refractivity contribution < 1.29 is 0 Å². The molecule has 0 aliphatic heterocycles. The molecule has 0 heterocycles. The van der Waals surface area contributed by atoms with E-state index in [-0.39, 0.29) is 0 Å². The molecular formula is C18H20. The first-order chi connectivity index (χ1) is 8.68. The van der Waals surface area contributed by atoms with Crippen LogP contribution in [0.15, 0.2) is 48.6 Å². The van der Waals surface area contributed by atoms with Crippen LogP contribution in [0.25, 0.3) is 0 Å². The van der Waals surface area contributed by atoms with Gasteiger partial charge in [0.15, 0.2) is 0 Å². The normalized spacial score (nSPS) is 58.4. The van der Waals surface area contributed by atoms with Crippen LogP contribution >= 0.6 is 0 Å². The zero-order chi connectivity index (χ0) is 12.1. The molecule has 3 saturated carbocycles. The third-order valence-electron chi connectivity index (χ3n) is 6.93. The summed E-state index contributed by atoms with van der Waals surface area (Å²) in [5.74, 6) is 3.09. The summed E-state index contributed by atoms with van der Waals surface area (Å²) >= 11 is 0. The minimum absolute atomic E-state index is 0.317. The van der Waals surface area contributed by atoms with Gasteiger partial charge in [-0.2, -0.15) is 0 Å². The second-order valence-electron chi connectivity index (χ2n) is 7.28. The van der Waals surface area contributed by atoms with Crippen molar-refractivity contribution in [2.75, 3.05) is 0 Å². The molecule has 0 aromatic carbocycles. The molecule has 5 aliphatic carbocycles. The Morgan fingerprint density at radius 2 is 1.22 bits per heavy atom. The predicted octanol–water partition coefficient (Wildman–Crippen LogP) is 4.28. The molecule has 0 aromatic heterocycles. The lowest BCUT2D eigenvalue weighted by atomic mass is 9.40. The predicted molar refractivity (Wildman–Crippen MR) is 73.9 cm³/mol. The van der Waals surface area contributed by atoms with Gasteiger partial charge in [0, 0.05) is 10.8 Å². The van der Waals surface area contributed by atoms with E-state index in [0.717, 1.165) is 23.7 Å². The van der Waals surface area contributed by atoms with Crippen molar-refractivity contribution in [3.05, 3.63) is 48.6 Å². The van der Waals surface area contributed by atoms with Crippen LogP contribution in [-0.4, -0.2) is 0 Å². The smallest absolute Gasteiger partial charge is 0.0201 e. The van der Waals surface area contributed by atoms with E-state index in [1.54, 1.807) is 11.1 Å². The maximum absolute atomic E-state index is 4.59. The van der Waals surface area contributed by atoms with E-state index in [9.17, 15) is 0 Å². The first-order valence-electron chi connectivity index (χ1n) is 7.44. The van der Waals surface area contributed by atoms with Gasteiger partial charge in [-0.1, -0.05) is 48.6 Å². The van der Waals surface area contributed by atoms with Gasteiger partial charge in [-0.25, -0.2) is 0 Å². The van der Waals surface area contributed by atoms with E-state index < -0.39 is 0 Å². The van der Waals surface area contributed by atoms with E-state index in [1.807, 2.05) is 0 Å². The van der Waals surface area contributed by atoms with Crippen molar-refractivity contribution >= 4 is 0 Å². The van der Waals surface area contributed by atoms with Crippen LogP contribution < -0.4 is 0 Å². The van der Waals surface area contributed by atoms with Crippen molar-refractivity contribution in [1.29, 1.82) is 0 Å². The molecule has 0 radical (unpaired) electrons. The van der Waals surface area contributed by atoms with Gasteiger partial charge in [0.1, 0.15) is 0 Å². The molecule has 92 valence electrons. The maximum Gasteiger partial charge on any atom is 0.0201 e. The van der Waals surface area contributed by atoms with Gasteiger partial charge in [0.05, 0.1) is 0 Å². The molecule has 4 bridgehead atoms. The Kier molecular flexibility index (Phi) is 1.43. The van der Waals surface area contributed by atoms with Gasteiger partial charge in [0.2, 0.25) is 0 Å². The summed E-state index contributed by atoms with van der Waals surface area (Å²) in [6.45, 7) is 9.18. The second-order valence-corrected chi connectivity index (χ2v) is 7.28. The highest BCUT2D eigenvalue weighted by molar-refractivity contribution is 5.58. The third-order valence-corrected chi connectivity index (χ3v) is 6.93. The fourth-order valence-electron chi connectivity index (χ4n) is 6.20. The van der Waals surface area contributed by atoms with Gasteiger partial charge in [-0.05, 0) is 49.4 Å². The molecule has 0 N–H and O–H groups in total. The summed E-state index contributed by atoms with van der Waals surface area (Å²) in [6.07, 6.45) is 15.1. The highest BCUT2D eigenvalue weighted by Crippen LogP contribution is 2.79. The first kappa shape index (κ1) is 9.83. The molecule has 5 rings (SSSR count). The van der Waals surface area contributed by atoms with Crippen molar-refractivity contribution in [3.63, 3.8) is 0 Å². The summed E-state index contributed by atoms with van der Waals surface area (Å²) in [5, 5.41) is 0. The topological polar surface area (TPSA) is 0 Å². The van der Waals surface area contributed by atoms with E-state index in [1.165, 1.54) is 25.7 Å². The Bertz CT molecular complexity index is 482. The maximum atomic E-state index is 4.59. The highest BCUT2D eigenvalue weighted by atomic mass is 14.7. The average Bonchev–Trinajstić information content (AvgIpc) is 3.14. The van der Waals surface area contributed by atoms with Crippen LogP contribution in [0.1, 0.15) is 25.7 Å². The fourth-order valence-corrected chi connectivity index (χ4v) is 6.20. The summed E-state index contributed by atoms with van der Waals surface area (Å²) in [7, 11) is 0. The zero-order valence-corrected chi connectivity index (χ0v) is 10.9. The molecular weight excluding hydrogens is 216 g/mol. The van der Waals surface area contributed by atoms with Crippen molar-refractivity contribution in [2.45, 2.75) is 25.7 Å². The quantitative estimate of drug-likeness (QED) is 0.551. The van der Waals surface area contributed by atoms with Crippen molar-refractivity contribution in [2.24, 2.45) is 34.5 Å². The fraction of sp³-hybridized carbons (Fsp3) is 0.556. The number of hydrogen-bond acceptors (Lipinski definition) is 0. The summed E-state index contributed by atoms with van der Waals surface area (Å²) in [5.41, 5.74) is 3.76. The van der Waals surface area contributed by atoms with Gasteiger partial charge in [-0.15, -0.1) is 0 Å². The Morgan fingerprint density at radius 1 is 0.778 bits per heavy atom. The lowest BCUT2D eigenvalue weighted by Gasteiger charge is -2.63. The Hall–Kier alpha value is -1.04. The minimum Gasteiger partial charge on any atom is -0.0980 e. The summed E-state index contributed by atoms with van der Waals surface area (Å²) < 4.78 is 0. The first-order valence-corrected chi connectivity index (χ1v) is 7.44. The molecule has 0 amide bonds.